The Bertz CT molecular complexity index is 749. The number of carbonyl (C=O) groups excluding carboxylic acids is 1. The lowest BCUT2D eigenvalue weighted by Gasteiger charge is -2.32. The molecule has 2 fully saturated rings. The second kappa shape index (κ2) is 8.08. The third-order valence-electron chi connectivity index (χ3n) is 5.64. The summed E-state index contributed by atoms with van der Waals surface area (Å²) in [6.07, 6.45) is 8.01. The maximum atomic E-state index is 12.4. The normalized spacial score (nSPS) is 19.6. The fraction of sp³-hybridized carbons (Fsp3) is 0.550. The molecule has 4 rings (SSSR count). The second-order valence-corrected chi connectivity index (χ2v) is 7.71. The van der Waals surface area contributed by atoms with E-state index in [2.05, 4.69) is 38.6 Å². The third kappa shape index (κ3) is 4.66. The van der Waals surface area contributed by atoms with Gasteiger partial charge in [0.05, 0.1) is 17.9 Å². The van der Waals surface area contributed by atoms with Gasteiger partial charge in [0.25, 0.3) is 0 Å². The molecule has 7 heteroatoms. The first-order chi connectivity index (χ1) is 13.2. The molecule has 144 valence electrons. The number of anilines is 1. The van der Waals surface area contributed by atoms with Crippen LogP contribution in [-0.4, -0.2) is 44.8 Å². The van der Waals surface area contributed by atoms with Gasteiger partial charge in [0, 0.05) is 37.9 Å². The fourth-order valence-electron chi connectivity index (χ4n) is 3.81. The van der Waals surface area contributed by atoms with Crippen LogP contribution in [0.25, 0.3) is 0 Å². The molecular weight excluding hydrogens is 340 g/mol. The van der Waals surface area contributed by atoms with Gasteiger partial charge in [0.15, 0.2) is 0 Å². The molecule has 1 atom stereocenters. The highest BCUT2D eigenvalue weighted by atomic mass is 16.2. The van der Waals surface area contributed by atoms with Gasteiger partial charge in [0.2, 0.25) is 0 Å². The first kappa shape index (κ1) is 18.0. The summed E-state index contributed by atoms with van der Waals surface area (Å²) in [6, 6.07) is 8.30. The van der Waals surface area contributed by atoms with Crippen molar-refractivity contribution in [3.05, 3.63) is 42.4 Å². The molecule has 1 unspecified atom stereocenters. The number of carbonyl (C=O) groups is 1. The molecule has 1 aliphatic heterocycles. The standard InChI is InChI=1S/C20H28N6O/c1-15(16-5-6-16)26-19(7-11-22-26)24-20(27)23-17-8-12-25(13-9-17)14-18-4-2-3-10-21-18/h2-4,7,10-11,15-17H,5-6,8-9,12-14H2,1H3,(H2,23,24,27). The highest BCUT2D eigenvalue weighted by molar-refractivity contribution is 5.88. The number of hydrogen-bond acceptors (Lipinski definition) is 4. The second-order valence-electron chi connectivity index (χ2n) is 7.71. The van der Waals surface area contributed by atoms with Gasteiger partial charge in [-0.2, -0.15) is 5.10 Å². The van der Waals surface area contributed by atoms with Crippen LogP contribution in [0.15, 0.2) is 36.7 Å². The predicted octanol–water partition coefficient (Wildman–Crippen LogP) is 3.04. The molecule has 0 spiro atoms. The van der Waals surface area contributed by atoms with Crippen molar-refractivity contribution in [1.29, 1.82) is 0 Å². The van der Waals surface area contributed by atoms with Crippen LogP contribution in [0.2, 0.25) is 0 Å². The molecule has 2 aromatic rings. The summed E-state index contributed by atoms with van der Waals surface area (Å²) < 4.78 is 1.94. The lowest BCUT2D eigenvalue weighted by atomic mass is 10.1. The molecule has 1 saturated heterocycles. The first-order valence-electron chi connectivity index (χ1n) is 9.92. The van der Waals surface area contributed by atoms with E-state index in [1.165, 1.54) is 12.8 Å². The summed E-state index contributed by atoms with van der Waals surface area (Å²) in [6.45, 7) is 4.99. The Hall–Kier alpha value is -2.41. The van der Waals surface area contributed by atoms with Gasteiger partial charge in [-0.15, -0.1) is 0 Å². The Kier molecular flexibility index (Phi) is 5.38. The fourth-order valence-corrected chi connectivity index (χ4v) is 3.81. The average molecular weight is 368 g/mol. The number of hydrogen-bond donors (Lipinski definition) is 2. The summed E-state index contributed by atoms with van der Waals surface area (Å²) in [4.78, 5) is 19.2. The lowest BCUT2D eigenvalue weighted by molar-refractivity contribution is 0.188. The molecular formula is C20H28N6O. The van der Waals surface area contributed by atoms with Crippen LogP contribution in [0.4, 0.5) is 10.6 Å². The van der Waals surface area contributed by atoms with Gasteiger partial charge in [-0.25, -0.2) is 9.48 Å². The Labute approximate surface area is 160 Å². The number of piperidine rings is 1. The number of urea groups is 1. The summed E-state index contributed by atoms with van der Waals surface area (Å²) in [5, 5.41) is 10.5. The molecule has 27 heavy (non-hydrogen) atoms. The van der Waals surface area contributed by atoms with Crippen LogP contribution >= 0.6 is 0 Å². The summed E-state index contributed by atoms with van der Waals surface area (Å²) in [5.41, 5.74) is 1.10. The van der Waals surface area contributed by atoms with Gasteiger partial charge < -0.3 is 5.32 Å². The molecule has 2 aliphatic rings. The van der Waals surface area contributed by atoms with Crippen LogP contribution < -0.4 is 10.6 Å². The van der Waals surface area contributed by atoms with Crippen molar-refractivity contribution in [3.8, 4) is 0 Å². The number of aromatic nitrogens is 3. The van der Waals surface area contributed by atoms with Gasteiger partial charge in [-0.3, -0.25) is 15.2 Å². The molecule has 0 aromatic carbocycles. The van der Waals surface area contributed by atoms with Crippen molar-refractivity contribution in [3.63, 3.8) is 0 Å². The largest absolute Gasteiger partial charge is 0.335 e. The van der Waals surface area contributed by atoms with Gasteiger partial charge in [0.1, 0.15) is 5.82 Å². The molecule has 0 radical (unpaired) electrons. The van der Waals surface area contributed by atoms with Gasteiger partial charge in [-0.05, 0) is 50.7 Å². The molecule has 3 heterocycles. The van der Waals surface area contributed by atoms with E-state index in [0.29, 0.717) is 12.0 Å². The van der Waals surface area contributed by atoms with E-state index in [0.717, 1.165) is 44.0 Å². The van der Waals surface area contributed by atoms with E-state index in [4.69, 9.17) is 0 Å². The van der Waals surface area contributed by atoms with Crippen molar-refractivity contribution in [2.75, 3.05) is 18.4 Å². The highest BCUT2D eigenvalue weighted by Crippen LogP contribution is 2.40. The number of likely N-dealkylation sites (tertiary alicyclic amines) is 1. The summed E-state index contributed by atoms with van der Waals surface area (Å²) in [7, 11) is 0. The van der Waals surface area contributed by atoms with E-state index in [1.54, 1.807) is 6.20 Å². The van der Waals surface area contributed by atoms with Crippen LogP contribution in [-0.2, 0) is 6.54 Å². The topological polar surface area (TPSA) is 75.1 Å². The summed E-state index contributed by atoms with van der Waals surface area (Å²) in [5.74, 6) is 1.47. The minimum Gasteiger partial charge on any atom is -0.335 e. The van der Waals surface area contributed by atoms with Crippen molar-refractivity contribution >= 4 is 11.8 Å². The monoisotopic (exact) mass is 368 g/mol. The molecule has 0 bridgehead atoms. The van der Waals surface area contributed by atoms with E-state index in [-0.39, 0.29) is 12.1 Å². The van der Waals surface area contributed by atoms with Crippen molar-refractivity contribution in [2.45, 2.75) is 51.2 Å². The van der Waals surface area contributed by atoms with E-state index < -0.39 is 0 Å². The zero-order valence-electron chi connectivity index (χ0n) is 15.8. The lowest BCUT2D eigenvalue weighted by Crippen LogP contribution is -2.45. The Balaban J connectivity index is 1.23. The smallest absolute Gasteiger partial charge is 0.320 e. The third-order valence-corrected chi connectivity index (χ3v) is 5.64. The number of rotatable bonds is 6. The predicted molar refractivity (Wildman–Crippen MR) is 104 cm³/mol. The van der Waals surface area contributed by atoms with Crippen LogP contribution in [0.3, 0.4) is 0 Å². The van der Waals surface area contributed by atoms with E-state index in [1.807, 2.05) is 29.1 Å². The quantitative estimate of drug-likeness (QED) is 0.822. The van der Waals surface area contributed by atoms with Crippen molar-refractivity contribution in [2.24, 2.45) is 5.92 Å². The molecule has 7 nitrogen and oxygen atoms in total. The maximum absolute atomic E-state index is 12.4. The Morgan fingerprint density at radius 3 is 2.70 bits per heavy atom. The minimum atomic E-state index is -0.136. The zero-order chi connectivity index (χ0) is 18.6. The number of amides is 2. The van der Waals surface area contributed by atoms with Crippen LogP contribution in [0, 0.1) is 5.92 Å². The van der Waals surface area contributed by atoms with Crippen LogP contribution in [0.1, 0.15) is 44.3 Å². The van der Waals surface area contributed by atoms with E-state index in [9.17, 15) is 4.79 Å². The average Bonchev–Trinajstić information content (AvgIpc) is 3.43. The minimum absolute atomic E-state index is 0.136. The molecule has 2 N–H and O–H groups in total. The molecule has 1 saturated carbocycles. The SMILES string of the molecule is CC(C1CC1)n1nccc1NC(=O)NC1CCN(Cc2ccccn2)CC1. The first-order valence-corrected chi connectivity index (χ1v) is 9.92. The van der Waals surface area contributed by atoms with Crippen molar-refractivity contribution in [1.82, 2.24) is 25.0 Å². The maximum Gasteiger partial charge on any atom is 0.320 e. The highest BCUT2D eigenvalue weighted by Gasteiger charge is 2.31. The zero-order valence-corrected chi connectivity index (χ0v) is 15.8. The number of nitrogens with one attached hydrogen (secondary N) is 2. The number of pyridine rings is 1. The molecule has 1 aliphatic carbocycles. The van der Waals surface area contributed by atoms with Crippen LogP contribution in [0.5, 0.6) is 0 Å². The Morgan fingerprint density at radius 2 is 2.00 bits per heavy atom. The number of nitrogens with zero attached hydrogens (tertiary/aromatic N) is 4. The molecule has 2 aromatic heterocycles. The van der Waals surface area contributed by atoms with E-state index >= 15 is 0 Å². The summed E-state index contributed by atoms with van der Waals surface area (Å²) >= 11 is 0. The Morgan fingerprint density at radius 1 is 1.19 bits per heavy atom. The van der Waals surface area contributed by atoms with Gasteiger partial charge >= 0.3 is 6.03 Å². The molecule has 2 amide bonds. The van der Waals surface area contributed by atoms with Gasteiger partial charge in [-0.1, -0.05) is 6.07 Å². The van der Waals surface area contributed by atoms with Crippen molar-refractivity contribution < 1.29 is 4.79 Å².